The molecule has 0 atom stereocenters. The van der Waals surface area contributed by atoms with Gasteiger partial charge in [-0.2, -0.15) is 4.98 Å². The van der Waals surface area contributed by atoms with E-state index >= 15 is 0 Å². The van der Waals surface area contributed by atoms with Crippen molar-refractivity contribution in [1.29, 1.82) is 0 Å². The molecule has 0 unspecified atom stereocenters. The van der Waals surface area contributed by atoms with Crippen molar-refractivity contribution < 1.29 is 30.4 Å². The lowest BCUT2D eigenvalue weighted by Gasteiger charge is -2.18. The number of nitrogens with zero attached hydrogens (tertiary/aromatic N) is 3. The summed E-state index contributed by atoms with van der Waals surface area (Å²) in [5, 5.41) is 5.96. The number of rotatable bonds is 5. The summed E-state index contributed by atoms with van der Waals surface area (Å²) in [6.07, 6.45) is 1.53. The molecule has 0 bridgehead atoms. The third-order valence-electron chi connectivity index (χ3n) is 4.93. The van der Waals surface area contributed by atoms with Gasteiger partial charge in [-0.3, -0.25) is 4.28 Å². The van der Waals surface area contributed by atoms with Gasteiger partial charge in [0.05, 0.1) is 12.8 Å². The number of nitrogens with one attached hydrogen (secondary N) is 2. The fraction of sp³-hybridized carbons (Fsp3) is 0.150. The highest BCUT2D eigenvalue weighted by atomic mass is 32.3. The predicted octanol–water partition coefficient (Wildman–Crippen LogP) is 2.70. The van der Waals surface area contributed by atoms with Gasteiger partial charge >= 0.3 is 16.2 Å². The number of benzene rings is 2. The first-order valence-electron chi connectivity index (χ1n) is 9.70. The molecule has 0 fully saturated rings. The van der Waals surface area contributed by atoms with Crippen molar-refractivity contribution in [2.75, 3.05) is 17.7 Å². The number of methoxy groups -OCH3 is 1. The van der Waals surface area contributed by atoms with Gasteiger partial charge < -0.3 is 24.0 Å². The van der Waals surface area contributed by atoms with E-state index in [4.69, 9.17) is 13.3 Å². The second kappa shape index (κ2) is 7.62. The molecule has 1 aliphatic heterocycles. The van der Waals surface area contributed by atoms with Crippen LogP contribution in [-0.4, -0.2) is 30.2 Å². The summed E-state index contributed by atoms with van der Waals surface area (Å²) in [5.74, 6) is -1.14. The van der Waals surface area contributed by atoms with Crippen LogP contribution in [0.1, 0.15) is 11.1 Å². The normalized spacial score (nSPS) is 13.8. The molecule has 0 radical (unpaired) electrons. The number of aromatic nitrogens is 3. The lowest BCUT2D eigenvalue weighted by molar-refractivity contribution is 0.217. The smallest absolute Gasteiger partial charge is 0.494 e. The van der Waals surface area contributed by atoms with Gasteiger partial charge in [-0.1, -0.05) is 4.73 Å². The van der Waals surface area contributed by atoms with Crippen LogP contribution in [0.25, 0.3) is 11.1 Å². The Balaban J connectivity index is 1.52. The summed E-state index contributed by atoms with van der Waals surface area (Å²) in [6, 6.07) is 5.96. The summed E-state index contributed by atoms with van der Waals surface area (Å²) < 4.78 is 58.1. The zero-order valence-corrected chi connectivity index (χ0v) is 18.7. The Kier molecular flexibility index (Phi) is 4.82. The van der Waals surface area contributed by atoms with Crippen molar-refractivity contribution in [2.45, 2.75) is 13.8 Å². The van der Waals surface area contributed by atoms with Crippen molar-refractivity contribution in [2.24, 2.45) is 0 Å². The van der Waals surface area contributed by atoms with Crippen LogP contribution >= 0.6 is 0 Å². The van der Waals surface area contributed by atoms with Crippen molar-refractivity contribution >= 4 is 44.6 Å². The fourth-order valence-corrected chi connectivity index (χ4v) is 4.08. The van der Waals surface area contributed by atoms with Crippen LogP contribution in [0.15, 0.2) is 39.7 Å². The van der Waals surface area contributed by atoms with E-state index in [1.54, 1.807) is 19.9 Å². The summed E-state index contributed by atoms with van der Waals surface area (Å²) in [6.45, 7) is 3.33. The molecule has 2 N–H and O–H groups in total. The van der Waals surface area contributed by atoms with Gasteiger partial charge in [-0.15, -0.1) is 8.42 Å². The van der Waals surface area contributed by atoms with E-state index in [1.807, 2.05) is 0 Å². The Hall–Kier alpha value is -4.33. The first-order valence-corrected chi connectivity index (χ1v) is 11.0. The van der Waals surface area contributed by atoms with E-state index in [2.05, 4.69) is 24.9 Å². The van der Waals surface area contributed by atoms with Crippen LogP contribution in [0.2, 0.25) is 0 Å². The predicted molar refractivity (Wildman–Crippen MR) is 118 cm³/mol. The van der Waals surface area contributed by atoms with Gasteiger partial charge in [0.15, 0.2) is 22.7 Å². The van der Waals surface area contributed by atoms with Gasteiger partial charge in [-0.05, 0) is 37.6 Å². The van der Waals surface area contributed by atoms with E-state index in [0.717, 1.165) is 0 Å². The summed E-state index contributed by atoms with van der Waals surface area (Å²) >= 11 is 0. The number of hydrogen-bond donors (Lipinski definition) is 2. The number of halogens is 1. The average Bonchev–Trinajstić information content (AvgIpc) is 3.09. The molecule has 2 aromatic carbocycles. The molecule has 34 heavy (non-hydrogen) atoms. The maximum atomic E-state index is 14.1. The monoisotopic (exact) mass is 489 g/mol. The molecule has 5 rings (SSSR count). The third-order valence-corrected chi connectivity index (χ3v) is 5.64. The minimum atomic E-state index is -4.55. The van der Waals surface area contributed by atoms with Gasteiger partial charge in [0.2, 0.25) is 11.7 Å². The highest BCUT2D eigenvalue weighted by molar-refractivity contribution is 7.82. The molecule has 0 saturated carbocycles. The number of oxazole rings is 1. The maximum Gasteiger partial charge on any atom is 0.520 e. The van der Waals surface area contributed by atoms with Crippen LogP contribution in [-0.2, 0) is 10.4 Å². The molecule has 0 aliphatic carbocycles. The Labute approximate surface area is 191 Å². The first-order chi connectivity index (χ1) is 16.1. The number of hydrogen-bond acceptors (Lipinski definition) is 11. The minimum absolute atomic E-state index is 0.00349. The van der Waals surface area contributed by atoms with Crippen LogP contribution in [0.5, 0.6) is 11.5 Å². The molecule has 176 valence electrons. The number of aryl methyl sites for hydroxylation is 2. The topological polar surface area (TPSA) is 147 Å². The lowest BCUT2D eigenvalue weighted by Crippen LogP contribution is -2.34. The fourth-order valence-electron chi connectivity index (χ4n) is 3.36. The molecular weight excluding hydrogens is 473 g/mol. The molecular formula is C20H16FN5O7S. The van der Waals surface area contributed by atoms with Gasteiger partial charge in [0.25, 0.3) is 0 Å². The molecule has 0 spiro atoms. The van der Waals surface area contributed by atoms with Crippen molar-refractivity contribution in [1.82, 2.24) is 14.7 Å². The SMILES string of the molecule is COc1cc(Nc2ncc(C)c(Nc3ccc4oc(=O)n5c4c3OS(=O)(=O)O5)n2)cc(C)c1F. The Morgan fingerprint density at radius 2 is 1.94 bits per heavy atom. The summed E-state index contributed by atoms with van der Waals surface area (Å²) in [4.78, 5) is 20.6. The van der Waals surface area contributed by atoms with Gasteiger partial charge in [-0.25, -0.2) is 14.2 Å². The standard InChI is InChI=1S/C20H16FN5O7S/c1-9-6-11(7-14(30-3)15(9)21)23-19-22-8-10(2)18(25-19)24-12-4-5-13-16-17(12)32-34(28,29)33-26(16)20(27)31-13/h4-8H,1-3H3,(H2,22,23,24,25). The molecule has 1 aliphatic rings. The Morgan fingerprint density at radius 1 is 1.15 bits per heavy atom. The Bertz CT molecular complexity index is 1630. The Morgan fingerprint density at radius 3 is 2.71 bits per heavy atom. The molecule has 12 nitrogen and oxygen atoms in total. The third kappa shape index (κ3) is 3.63. The second-order valence-corrected chi connectivity index (χ2v) is 8.43. The molecule has 4 aromatic rings. The number of ether oxygens (including phenoxy) is 1. The quantitative estimate of drug-likeness (QED) is 0.426. The molecule has 14 heteroatoms. The summed E-state index contributed by atoms with van der Waals surface area (Å²) in [5.41, 5.74) is 1.74. The van der Waals surface area contributed by atoms with Crippen molar-refractivity contribution in [3.8, 4) is 11.5 Å². The van der Waals surface area contributed by atoms with Crippen LogP contribution in [0.3, 0.4) is 0 Å². The highest BCUT2D eigenvalue weighted by Gasteiger charge is 2.33. The van der Waals surface area contributed by atoms with Crippen LogP contribution in [0, 0.1) is 19.7 Å². The van der Waals surface area contributed by atoms with Crippen LogP contribution < -0.4 is 29.6 Å². The van der Waals surface area contributed by atoms with E-state index in [1.165, 1.54) is 31.5 Å². The van der Waals surface area contributed by atoms with Crippen molar-refractivity contribution in [3.63, 3.8) is 0 Å². The zero-order valence-electron chi connectivity index (χ0n) is 17.9. The maximum absolute atomic E-state index is 14.1. The minimum Gasteiger partial charge on any atom is -0.494 e. The second-order valence-electron chi connectivity index (χ2n) is 7.30. The average molecular weight is 489 g/mol. The summed E-state index contributed by atoms with van der Waals surface area (Å²) in [7, 11) is -3.18. The van der Waals surface area contributed by atoms with E-state index < -0.39 is 22.0 Å². The zero-order chi connectivity index (χ0) is 24.2. The lowest BCUT2D eigenvalue weighted by atomic mass is 10.2. The largest absolute Gasteiger partial charge is 0.520 e. The molecule has 0 amide bonds. The molecule has 0 saturated heterocycles. The first kappa shape index (κ1) is 21.5. The molecule has 3 heterocycles. The number of anilines is 4. The van der Waals surface area contributed by atoms with E-state index in [0.29, 0.717) is 27.4 Å². The van der Waals surface area contributed by atoms with Crippen molar-refractivity contribution in [3.05, 3.63) is 58.0 Å². The van der Waals surface area contributed by atoms with E-state index in [9.17, 15) is 17.6 Å². The van der Waals surface area contributed by atoms with Gasteiger partial charge in [0.1, 0.15) is 5.82 Å². The highest BCUT2D eigenvalue weighted by Crippen LogP contribution is 2.38. The van der Waals surface area contributed by atoms with Gasteiger partial charge in [0, 0.05) is 23.5 Å². The van der Waals surface area contributed by atoms with E-state index in [-0.39, 0.29) is 34.2 Å². The van der Waals surface area contributed by atoms with Crippen LogP contribution in [0.4, 0.5) is 27.5 Å². The molecule has 2 aromatic heterocycles.